The van der Waals surface area contributed by atoms with Gasteiger partial charge in [0.2, 0.25) is 10.0 Å². The standard InChI is InChI=1S/C17H23NO4S/c1-3-11-18(13-17(19)22-4-2)23(20,21)16-10-9-14-7-5-6-8-15(14)12-16/h5-8,12H,3-4,9-11,13H2,1-2H3. The summed E-state index contributed by atoms with van der Waals surface area (Å²) in [7, 11) is -3.65. The fraction of sp³-hybridized carbons (Fsp3) is 0.471. The van der Waals surface area contributed by atoms with Gasteiger partial charge in [-0.25, -0.2) is 8.42 Å². The van der Waals surface area contributed by atoms with Crippen molar-refractivity contribution in [3.8, 4) is 0 Å². The maximum Gasteiger partial charge on any atom is 0.321 e. The summed E-state index contributed by atoms with van der Waals surface area (Å²) in [6.45, 7) is 3.91. The molecule has 0 aromatic heterocycles. The first-order valence-corrected chi connectivity index (χ1v) is 9.37. The first-order valence-electron chi connectivity index (χ1n) is 7.93. The molecule has 126 valence electrons. The number of esters is 1. The lowest BCUT2D eigenvalue weighted by molar-refractivity contribution is -0.143. The molecule has 0 fully saturated rings. The van der Waals surface area contributed by atoms with Crippen LogP contribution in [0.25, 0.3) is 6.08 Å². The van der Waals surface area contributed by atoms with E-state index in [0.717, 1.165) is 11.1 Å². The maximum absolute atomic E-state index is 12.9. The molecule has 1 aromatic rings. The van der Waals surface area contributed by atoms with Crippen molar-refractivity contribution in [1.29, 1.82) is 0 Å². The molecule has 0 bridgehead atoms. The molecule has 0 aliphatic heterocycles. The van der Waals surface area contributed by atoms with E-state index in [-0.39, 0.29) is 13.2 Å². The summed E-state index contributed by atoms with van der Waals surface area (Å²) in [5, 5.41) is 0. The Balaban J connectivity index is 2.27. The van der Waals surface area contributed by atoms with Crippen LogP contribution in [0.2, 0.25) is 0 Å². The average Bonchev–Trinajstić information content (AvgIpc) is 2.54. The Labute approximate surface area is 138 Å². The van der Waals surface area contributed by atoms with Crippen LogP contribution in [0.5, 0.6) is 0 Å². The minimum Gasteiger partial charge on any atom is -0.465 e. The highest BCUT2D eigenvalue weighted by Gasteiger charge is 2.29. The fourth-order valence-electron chi connectivity index (χ4n) is 2.66. The van der Waals surface area contributed by atoms with Gasteiger partial charge in [-0.2, -0.15) is 4.31 Å². The fourth-order valence-corrected chi connectivity index (χ4v) is 4.33. The van der Waals surface area contributed by atoms with E-state index in [0.29, 0.717) is 30.7 Å². The van der Waals surface area contributed by atoms with Crippen molar-refractivity contribution >= 4 is 22.1 Å². The normalized spacial score (nSPS) is 14.3. The van der Waals surface area contributed by atoms with Gasteiger partial charge in [0, 0.05) is 6.54 Å². The molecular weight excluding hydrogens is 314 g/mol. The summed E-state index contributed by atoms with van der Waals surface area (Å²) in [6.07, 6.45) is 3.52. The van der Waals surface area contributed by atoms with E-state index in [1.807, 2.05) is 31.2 Å². The molecule has 0 spiro atoms. The molecule has 6 heteroatoms. The van der Waals surface area contributed by atoms with Crippen molar-refractivity contribution in [3.05, 3.63) is 40.3 Å². The summed E-state index contributed by atoms with van der Waals surface area (Å²) in [6, 6.07) is 7.78. The van der Waals surface area contributed by atoms with E-state index in [9.17, 15) is 13.2 Å². The molecule has 0 heterocycles. The van der Waals surface area contributed by atoms with Gasteiger partial charge < -0.3 is 4.74 Å². The molecule has 0 saturated heterocycles. The molecule has 0 saturated carbocycles. The van der Waals surface area contributed by atoms with Crippen molar-refractivity contribution in [2.24, 2.45) is 0 Å². The molecule has 0 N–H and O–H groups in total. The van der Waals surface area contributed by atoms with Gasteiger partial charge in [0.15, 0.2) is 0 Å². The number of benzene rings is 1. The first-order chi connectivity index (χ1) is 11.0. The predicted molar refractivity (Wildman–Crippen MR) is 90.2 cm³/mol. The summed E-state index contributed by atoms with van der Waals surface area (Å²) in [5.74, 6) is -0.513. The summed E-state index contributed by atoms with van der Waals surface area (Å²) in [5.41, 5.74) is 2.09. The minimum atomic E-state index is -3.65. The molecule has 0 unspecified atom stereocenters. The Bertz CT molecular complexity index is 694. The van der Waals surface area contributed by atoms with Crippen LogP contribution < -0.4 is 0 Å². The van der Waals surface area contributed by atoms with Gasteiger partial charge in [0.05, 0.1) is 11.5 Å². The number of carbonyl (C=O) groups excluding carboxylic acids is 1. The zero-order chi connectivity index (χ0) is 16.9. The number of ether oxygens (including phenoxy) is 1. The molecule has 0 atom stereocenters. The zero-order valence-corrected chi connectivity index (χ0v) is 14.4. The largest absolute Gasteiger partial charge is 0.465 e. The van der Waals surface area contributed by atoms with E-state index in [1.165, 1.54) is 4.31 Å². The summed E-state index contributed by atoms with van der Waals surface area (Å²) >= 11 is 0. The topological polar surface area (TPSA) is 63.7 Å². The van der Waals surface area contributed by atoms with E-state index >= 15 is 0 Å². The SMILES string of the molecule is CCCN(CC(=O)OCC)S(=O)(=O)C1=Cc2ccccc2CC1. The number of hydrogen-bond acceptors (Lipinski definition) is 4. The molecular formula is C17H23NO4S. The smallest absolute Gasteiger partial charge is 0.321 e. The van der Waals surface area contributed by atoms with Crippen molar-refractivity contribution in [3.63, 3.8) is 0 Å². The lowest BCUT2D eigenvalue weighted by Gasteiger charge is -2.24. The quantitative estimate of drug-likeness (QED) is 0.718. The summed E-state index contributed by atoms with van der Waals surface area (Å²) < 4.78 is 31.9. The zero-order valence-electron chi connectivity index (χ0n) is 13.6. The van der Waals surface area contributed by atoms with Crippen LogP contribution >= 0.6 is 0 Å². The van der Waals surface area contributed by atoms with E-state index < -0.39 is 16.0 Å². The van der Waals surface area contributed by atoms with Crippen LogP contribution in [-0.2, 0) is 26.0 Å². The predicted octanol–water partition coefficient (Wildman–Crippen LogP) is 2.58. The molecule has 23 heavy (non-hydrogen) atoms. The highest BCUT2D eigenvalue weighted by atomic mass is 32.2. The van der Waals surface area contributed by atoms with E-state index in [2.05, 4.69) is 0 Å². The average molecular weight is 337 g/mol. The van der Waals surface area contributed by atoms with Crippen LogP contribution in [0.3, 0.4) is 0 Å². The van der Waals surface area contributed by atoms with Gasteiger partial charge in [-0.05, 0) is 43.4 Å². The molecule has 1 aliphatic rings. The lowest BCUT2D eigenvalue weighted by atomic mass is 9.98. The maximum atomic E-state index is 12.9. The molecule has 1 aromatic carbocycles. The van der Waals surface area contributed by atoms with Crippen LogP contribution in [0.15, 0.2) is 29.2 Å². The van der Waals surface area contributed by atoms with Gasteiger partial charge in [0.1, 0.15) is 6.54 Å². The minimum absolute atomic E-state index is 0.233. The second-order valence-corrected chi connectivity index (χ2v) is 7.44. The third-order valence-electron chi connectivity index (χ3n) is 3.77. The Morgan fingerprint density at radius 2 is 1.96 bits per heavy atom. The number of aryl methyl sites for hydroxylation is 1. The van der Waals surface area contributed by atoms with Crippen molar-refractivity contribution < 1.29 is 17.9 Å². The van der Waals surface area contributed by atoms with Crippen molar-refractivity contribution in [1.82, 2.24) is 4.31 Å². The molecule has 2 rings (SSSR count). The van der Waals surface area contributed by atoms with Gasteiger partial charge in [0.25, 0.3) is 0 Å². The molecule has 0 amide bonds. The number of sulfonamides is 1. The van der Waals surface area contributed by atoms with Gasteiger partial charge in [-0.15, -0.1) is 0 Å². The number of fused-ring (bicyclic) bond motifs is 1. The third-order valence-corrected chi connectivity index (χ3v) is 5.74. The lowest BCUT2D eigenvalue weighted by Crippen LogP contribution is -2.38. The van der Waals surface area contributed by atoms with Gasteiger partial charge in [-0.1, -0.05) is 31.2 Å². The molecule has 0 radical (unpaired) electrons. The Morgan fingerprint density at radius 3 is 2.65 bits per heavy atom. The highest BCUT2D eigenvalue weighted by Crippen LogP contribution is 2.28. The molecule has 5 nitrogen and oxygen atoms in total. The van der Waals surface area contributed by atoms with Crippen LogP contribution in [0, 0.1) is 0 Å². The van der Waals surface area contributed by atoms with Gasteiger partial charge in [-0.3, -0.25) is 4.79 Å². The van der Waals surface area contributed by atoms with Crippen LogP contribution in [0.4, 0.5) is 0 Å². The number of nitrogens with zero attached hydrogens (tertiary/aromatic N) is 1. The number of allylic oxidation sites excluding steroid dienone is 1. The van der Waals surface area contributed by atoms with Crippen LogP contribution in [-0.4, -0.2) is 38.4 Å². The second kappa shape index (κ2) is 7.75. The van der Waals surface area contributed by atoms with Crippen molar-refractivity contribution in [2.75, 3.05) is 19.7 Å². The van der Waals surface area contributed by atoms with E-state index in [4.69, 9.17) is 4.74 Å². The Hall–Kier alpha value is -1.66. The molecule has 1 aliphatic carbocycles. The van der Waals surface area contributed by atoms with Crippen molar-refractivity contribution in [2.45, 2.75) is 33.1 Å². The highest BCUT2D eigenvalue weighted by molar-refractivity contribution is 7.93. The van der Waals surface area contributed by atoms with Crippen LogP contribution in [0.1, 0.15) is 37.8 Å². The second-order valence-electron chi connectivity index (χ2n) is 5.45. The summed E-state index contributed by atoms with van der Waals surface area (Å²) in [4.78, 5) is 12.1. The monoisotopic (exact) mass is 337 g/mol. The van der Waals surface area contributed by atoms with E-state index in [1.54, 1.807) is 13.0 Å². The number of carbonyl (C=O) groups is 1. The Morgan fingerprint density at radius 1 is 1.22 bits per heavy atom. The first kappa shape index (κ1) is 17.7. The number of rotatable bonds is 7. The Kier molecular flexibility index (Phi) is 5.96. The van der Waals surface area contributed by atoms with Gasteiger partial charge >= 0.3 is 5.97 Å². The number of hydrogen-bond donors (Lipinski definition) is 0. The third kappa shape index (κ3) is 4.20.